The van der Waals surface area contributed by atoms with E-state index in [9.17, 15) is 5.21 Å². The van der Waals surface area contributed by atoms with Crippen molar-refractivity contribution in [2.75, 3.05) is 0 Å². The van der Waals surface area contributed by atoms with Crippen LogP contribution >= 0.6 is 0 Å². The summed E-state index contributed by atoms with van der Waals surface area (Å²) in [5, 5.41) is 14.6. The SMILES string of the molecule is O/N=C(/c1ccc(Oc2ccc3oc4ccccc4c3c2)nc1)n1ccnc1. The van der Waals surface area contributed by atoms with Crippen LogP contribution in [0.3, 0.4) is 0 Å². The lowest BCUT2D eigenvalue weighted by molar-refractivity contribution is 0.317. The third-order valence-electron chi connectivity index (χ3n) is 4.41. The first kappa shape index (κ1) is 16.1. The molecule has 7 nitrogen and oxygen atoms in total. The molecule has 5 aromatic rings. The largest absolute Gasteiger partial charge is 0.456 e. The number of pyridine rings is 1. The predicted molar refractivity (Wildman–Crippen MR) is 104 cm³/mol. The predicted octanol–water partition coefficient (Wildman–Crippen LogP) is 4.65. The van der Waals surface area contributed by atoms with Crippen LogP contribution in [-0.4, -0.2) is 25.6 Å². The van der Waals surface area contributed by atoms with E-state index in [2.05, 4.69) is 15.1 Å². The summed E-state index contributed by atoms with van der Waals surface area (Å²) in [4.78, 5) is 8.26. The molecule has 3 aromatic heterocycles. The number of fused-ring (bicyclic) bond motifs is 3. The molecule has 5 rings (SSSR count). The van der Waals surface area contributed by atoms with Gasteiger partial charge in [-0.15, -0.1) is 0 Å². The molecule has 0 aliphatic carbocycles. The molecule has 0 aliphatic rings. The molecule has 0 bridgehead atoms. The van der Waals surface area contributed by atoms with Gasteiger partial charge in [0.1, 0.15) is 23.2 Å². The van der Waals surface area contributed by atoms with E-state index in [0.29, 0.717) is 23.0 Å². The second-order valence-corrected chi connectivity index (χ2v) is 6.14. The zero-order valence-corrected chi connectivity index (χ0v) is 14.6. The van der Waals surface area contributed by atoms with Crippen molar-refractivity contribution in [3.05, 3.63) is 85.1 Å². The fraction of sp³-hybridized carbons (Fsp3) is 0. The van der Waals surface area contributed by atoms with Crippen molar-refractivity contribution in [1.82, 2.24) is 14.5 Å². The molecule has 0 saturated carbocycles. The van der Waals surface area contributed by atoms with Gasteiger partial charge in [0.25, 0.3) is 0 Å². The lowest BCUT2D eigenvalue weighted by atomic mass is 10.1. The first-order valence-electron chi connectivity index (χ1n) is 8.58. The fourth-order valence-corrected chi connectivity index (χ4v) is 3.11. The van der Waals surface area contributed by atoms with Gasteiger partial charge in [-0.1, -0.05) is 23.4 Å². The Morgan fingerprint density at radius 1 is 1.04 bits per heavy atom. The summed E-state index contributed by atoms with van der Waals surface area (Å²) < 4.78 is 13.3. The van der Waals surface area contributed by atoms with Gasteiger partial charge >= 0.3 is 0 Å². The Balaban J connectivity index is 1.44. The number of oxime groups is 1. The third-order valence-corrected chi connectivity index (χ3v) is 4.41. The van der Waals surface area contributed by atoms with E-state index in [0.717, 1.165) is 21.9 Å². The first-order chi connectivity index (χ1) is 13.8. The third kappa shape index (κ3) is 2.75. The molecule has 0 aliphatic heterocycles. The van der Waals surface area contributed by atoms with Gasteiger partial charge in [0.2, 0.25) is 5.88 Å². The van der Waals surface area contributed by atoms with Crippen molar-refractivity contribution >= 4 is 27.8 Å². The van der Waals surface area contributed by atoms with E-state index in [4.69, 9.17) is 9.15 Å². The second kappa shape index (κ2) is 6.55. The number of nitrogens with zero attached hydrogens (tertiary/aromatic N) is 4. The minimum Gasteiger partial charge on any atom is -0.456 e. The highest BCUT2D eigenvalue weighted by Gasteiger charge is 2.10. The number of benzene rings is 2. The molecule has 0 radical (unpaired) electrons. The Hall–Kier alpha value is -4.13. The van der Waals surface area contributed by atoms with Gasteiger partial charge in [-0.2, -0.15) is 0 Å². The van der Waals surface area contributed by atoms with Crippen LogP contribution in [0.15, 0.2) is 89.1 Å². The molecule has 0 spiro atoms. The van der Waals surface area contributed by atoms with Crippen LogP contribution in [0.4, 0.5) is 0 Å². The summed E-state index contributed by atoms with van der Waals surface area (Å²) in [6.07, 6.45) is 6.41. The molecule has 0 amide bonds. The Morgan fingerprint density at radius 2 is 1.93 bits per heavy atom. The summed E-state index contributed by atoms with van der Waals surface area (Å²) in [6.45, 7) is 0. The van der Waals surface area contributed by atoms with Crippen molar-refractivity contribution in [2.24, 2.45) is 5.16 Å². The van der Waals surface area contributed by atoms with Gasteiger partial charge in [-0.25, -0.2) is 9.97 Å². The van der Waals surface area contributed by atoms with Gasteiger partial charge in [-0.3, -0.25) is 4.57 Å². The van der Waals surface area contributed by atoms with Gasteiger partial charge in [0, 0.05) is 41.0 Å². The number of para-hydroxylation sites is 1. The summed E-state index contributed by atoms with van der Waals surface area (Å²) in [6, 6.07) is 17.0. The number of ether oxygens (including phenoxy) is 1. The number of hydrogen-bond donors (Lipinski definition) is 1. The first-order valence-corrected chi connectivity index (χ1v) is 8.58. The summed E-state index contributed by atoms with van der Waals surface area (Å²) in [5.41, 5.74) is 2.28. The molecular formula is C21H14N4O3. The second-order valence-electron chi connectivity index (χ2n) is 6.14. The molecule has 3 heterocycles. The number of imidazole rings is 1. The Labute approximate surface area is 159 Å². The zero-order valence-electron chi connectivity index (χ0n) is 14.6. The number of aromatic nitrogens is 3. The maximum Gasteiger partial charge on any atom is 0.219 e. The van der Waals surface area contributed by atoms with Crippen LogP contribution in [0.5, 0.6) is 11.6 Å². The maximum atomic E-state index is 9.29. The van der Waals surface area contributed by atoms with E-state index in [1.165, 1.54) is 0 Å². The van der Waals surface area contributed by atoms with Crippen LogP contribution in [-0.2, 0) is 0 Å². The minimum absolute atomic E-state index is 0.322. The van der Waals surface area contributed by atoms with Gasteiger partial charge in [0.15, 0.2) is 5.84 Å². The molecule has 0 fully saturated rings. The monoisotopic (exact) mass is 370 g/mol. The van der Waals surface area contributed by atoms with E-state index < -0.39 is 0 Å². The van der Waals surface area contributed by atoms with E-state index in [-0.39, 0.29) is 0 Å². The number of rotatable bonds is 3. The smallest absolute Gasteiger partial charge is 0.219 e. The quantitative estimate of drug-likeness (QED) is 0.216. The lowest BCUT2D eigenvalue weighted by Crippen LogP contribution is -2.11. The van der Waals surface area contributed by atoms with Crippen LogP contribution in [0.2, 0.25) is 0 Å². The van der Waals surface area contributed by atoms with Crippen molar-refractivity contribution in [3.63, 3.8) is 0 Å². The van der Waals surface area contributed by atoms with Crippen molar-refractivity contribution in [1.29, 1.82) is 0 Å². The molecule has 0 atom stereocenters. The fourth-order valence-electron chi connectivity index (χ4n) is 3.11. The topological polar surface area (TPSA) is 85.7 Å². The zero-order chi connectivity index (χ0) is 18.9. The average molecular weight is 370 g/mol. The van der Waals surface area contributed by atoms with Crippen LogP contribution in [0.25, 0.3) is 21.9 Å². The molecule has 1 N–H and O–H groups in total. The molecule has 0 unspecified atom stereocenters. The lowest BCUT2D eigenvalue weighted by Gasteiger charge is -2.07. The van der Waals surface area contributed by atoms with Gasteiger partial charge in [0.05, 0.1) is 0 Å². The number of hydrogen-bond acceptors (Lipinski definition) is 6. The summed E-state index contributed by atoms with van der Waals surface area (Å²) >= 11 is 0. The van der Waals surface area contributed by atoms with Gasteiger partial charge < -0.3 is 14.4 Å². The molecule has 7 heteroatoms. The molecular weight excluding hydrogens is 356 g/mol. The van der Waals surface area contributed by atoms with E-state index in [1.54, 1.807) is 41.6 Å². The molecule has 136 valence electrons. The highest BCUT2D eigenvalue weighted by molar-refractivity contribution is 6.05. The van der Waals surface area contributed by atoms with Crippen LogP contribution in [0, 0.1) is 0 Å². The average Bonchev–Trinajstić information content (AvgIpc) is 3.38. The Morgan fingerprint density at radius 3 is 2.71 bits per heavy atom. The standard InChI is InChI=1S/C21H14N4O3/c26-24-21(25-10-9-22-13-25)14-5-8-20(23-12-14)27-15-6-7-19-17(11-15)16-3-1-2-4-18(16)28-19/h1-13,26H/b24-21-. The van der Waals surface area contributed by atoms with E-state index >= 15 is 0 Å². The minimum atomic E-state index is 0.322. The van der Waals surface area contributed by atoms with Crippen molar-refractivity contribution < 1.29 is 14.4 Å². The Kier molecular flexibility index (Phi) is 3.76. The van der Waals surface area contributed by atoms with E-state index in [1.807, 2.05) is 42.5 Å². The maximum absolute atomic E-state index is 9.29. The summed E-state index contributed by atoms with van der Waals surface area (Å²) in [7, 11) is 0. The molecule has 28 heavy (non-hydrogen) atoms. The number of furan rings is 1. The highest BCUT2D eigenvalue weighted by atomic mass is 16.5. The highest BCUT2D eigenvalue weighted by Crippen LogP contribution is 2.32. The van der Waals surface area contributed by atoms with Crippen LogP contribution < -0.4 is 4.74 Å². The Bertz CT molecular complexity index is 1290. The summed E-state index contributed by atoms with van der Waals surface area (Å²) in [5.74, 6) is 1.41. The molecule has 0 saturated heterocycles. The molecule has 2 aromatic carbocycles. The van der Waals surface area contributed by atoms with Crippen molar-refractivity contribution in [2.45, 2.75) is 0 Å². The van der Waals surface area contributed by atoms with Crippen LogP contribution in [0.1, 0.15) is 5.56 Å². The van der Waals surface area contributed by atoms with Crippen molar-refractivity contribution in [3.8, 4) is 11.6 Å². The normalized spacial score (nSPS) is 11.9. The van der Waals surface area contributed by atoms with Gasteiger partial charge in [-0.05, 0) is 30.3 Å².